The Morgan fingerprint density at radius 2 is 2.00 bits per heavy atom. The summed E-state index contributed by atoms with van der Waals surface area (Å²) >= 11 is 0. The number of hydrogen-bond acceptors (Lipinski definition) is 5. The first-order valence-corrected chi connectivity index (χ1v) is 8.77. The van der Waals surface area contributed by atoms with E-state index in [2.05, 4.69) is 39.7 Å². The first kappa shape index (κ1) is 16.0. The zero-order chi connectivity index (χ0) is 17.4. The Kier molecular flexibility index (Phi) is 4.13. The fourth-order valence-electron chi connectivity index (χ4n) is 3.62. The highest BCUT2D eigenvalue weighted by Gasteiger charge is 2.29. The molecule has 25 heavy (non-hydrogen) atoms. The van der Waals surface area contributed by atoms with Crippen LogP contribution >= 0.6 is 0 Å². The molecule has 0 unspecified atom stereocenters. The molecule has 0 aliphatic carbocycles. The second-order valence-electron chi connectivity index (χ2n) is 6.90. The number of hydrogen-bond donors (Lipinski definition) is 0. The predicted molar refractivity (Wildman–Crippen MR) is 99.5 cm³/mol. The molecule has 130 valence electrons. The maximum atomic E-state index is 4.83. The normalized spacial score (nSPS) is 18.1. The second-order valence-corrected chi connectivity index (χ2v) is 6.90. The standard InChI is InChI=1S/C19H24N6/c1-23(2)18-12-20-11-15(22-18)17-9-6-10-25(17)13-19-21-14-7-4-5-8-16(14)24(19)3/h4-5,7-8,11-12,17H,6,9-10,13H2,1-3H3/t17-/m1/s1. The highest BCUT2D eigenvalue weighted by atomic mass is 15.2. The molecule has 6 nitrogen and oxygen atoms in total. The number of para-hydroxylation sites is 2. The van der Waals surface area contributed by atoms with Crippen molar-refractivity contribution in [2.45, 2.75) is 25.4 Å². The van der Waals surface area contributed by atoms with Crippen molar-refractivity contribution in [3.05, 3.63) is 48.2 Å². The molecule has 3 aromatic rings. The van der Waals surface area contributed by atoms with Gasteiger partial charge in [-0.1, -0.05) is 12.1 Å². The Labute approximate surface area is 148 Å². The van der Waals surface area contributed by atoms with Gasteiger partial charge in [0.1, 0.15) is 11.6 Å². The van der Waals surface area contributed by atoms with E-state index in [0.717, 1.165) is 42.4 Å². The van der Waals surface area contributed by atoms with E-state index in [1.54, 1.807) is 0 Å². The minimum absolute atomic E-state index is 0.312. The molecule has 1 aliphatic rings. The van der Waals surface area contributed by atoms with Crippen LogP contribution in [0, 0.1) is 0 Å². The van der Waals surface area contributed by atoms with Crippen LogP contribution in [0.3, 0.4) is 0 Å². The number of rotatable bonds is 4. The molecular weight excluding hydrogens is 312 g/mol. The number of benzene rings is 1. The van der Waals surface area contributed by atoms with Crippen LogP contribution in [0.2, 0.25) is 0 Å². The van der Waals surface area contributed by atoms with Gasteiger partial charge >= 0.3 is 0 Å². The van der Waals surface area contributed by atoms with Crippen LogP contribution in [-0.4, -0.2) is 45.1 Å². The van der Waals surface area contributed by atoms with E-state index in [0.29, 0.717) is 6.04 Å². The topological polar surface area (TPSA) is 50.1 Å². The molecule has 0 spiro atoms. The summed E-state index contributed by atoms with van der Waals surface area (Å²) in [4.78, 5) is 18.5. The van der Waals surface area contributed by atoms with Crippen LogP contribution in [0.1, 0.15) is 30.4 Å². The highest BCUT2D eigenvalue weighted by Crippen LogP contribution is 2.32. The SMILES string of the molecule is CN(C)c1cncc([C@H]2CCCN2Cc2nc3ccccc3n2C)n1. The molecular formula is C19H24N6. The van der Waals surface area contributed by atoms with Gasteiger partial charge in [0.05, 0.1) is 41.7 Å². The molecule has 6 heteroatoms. The molecule has 1 aromatic carbocycles. The number of fused-ring (bicyclic) bond motifs is 1. The maximum absolute atomic E-state index is 4.83. The zero-order valence-electron chi connectivity index (χ0n) is 15.1. The summed E-state index contributed by atoms with van der Waals surface area (Å²) in [5, 5.41) is 0. The summed E-state index contributed by atoms with van der Waals surface area (Å²) in [6.07, 6.45) is 6.02. The third kappa shape index (κ3) is 2.98. The lowest BCUT2D eigenvalue weighted by Crippen LogP contribution is -2.25. The van der Waals surface area contributed by atoms with Crippen LogP contribution in [0.15, 0.2) is 36.7 Å². The second kappa shape index (κ2) is 6.44. The molecule has 0 amide bonds. The fraction of sp³-hybridized carbons (Fsp3) is 0.421. The van der Waals surface area contributed by atoms with Crippen molar-refractivity contribution in [3.8, 4) is 0 Å². The van der Waals surface area contributed by atoms with Crippen LogP contribution in [-0.2, 0) is 13.6 Å². The van der Waals surface area contributed by atoms with E-state index in [-0.39, 0.29) is 0 Å². The fourth-order valence-corrected chi connectivity index (χ4v) is 3.62. The molecule has 0 radical (unpaired) electrons. The number of aromatic nitrogens is 4. The van der Waals surface area contributed by atoms with E-state index in [9.17, 15) is 0 Å². The van der Waals surface area contributed by atoms with Gasteiger partial charge in [-0.25, -0.2) is 9.97 Å². The summed E-state index contributed by atoms with van der Waals surface area (Å²) in [5.41, 5.74) is 3.30. The minimum atomic E-state index is 0.312. The molecule has 4 rings (SSSR count). The molecule has 1 saturated heterocycles. The van der Waals surface area contributed by atoms with Crippen LogP contribution in [0.4, 0.5) is 5.82 Å². The molecule has 2 aromatic heterocycles. The van der Waals surface area contributed by atoms with Gasteiger partial charge in [-0.3, -0.25) is 9.88 Å². The van der Waals surface area contributed by atoms with Crippen LogP contribution in [0.25, 0.3) is 11.0 Å². The zero-order valence-corrected chi connectivity index (χ0v) is 15.1. The van der Waals surface area contributed by atoms with E-state index >= 15 is 0 Å². The predicted octanol–water partition coefficient (Wildman–Crippen LogP) is 2.77. The van der Waals surface area contributed by atoms with Crippen molar-refractivity contribution in [2.75, 3.05) is 25.5 Å². The van der Waals surface area contributed by atoms with Gasteiger partial charge < -0.3 is 9.47 Å². The molecule has 3 heterocycles. The Morgan fingerprint density at radius 3 is 2.80 bits per heavy atom. The van der Waals surface area contributed by atoms with E-state index in [1.165, 1.54) is 11.9 Å². The Balaban J connectivity index is 1.61. The van der Waals surface area contributed by atoms with Gasteiger partial charge in [-0.2, -0.15) is 0 Å². The first-order valence-electron chi connectivity index (χ1n) is 8.77. The third-order valence-corrected chi connectivity index (χ3v) is 5.03. The minimum Gasteiger partial charge on any atom is -0.361 e. The quantitative estimate of drug-likeness (QED) is 0.733. The highest BCUT2D eigenvalue weighted by molar-refractivity contribution is 5.75. The average Bonchev–Trinajstić information content (AvgIpc) is 3.21. The number of nitrogens with zero attached hydrogens (tertiary/aromatic N) is 6. The Hall–Kier alpha value is -2.47. The van der Waals surface area contributed by atoms with Crippen molar-refractivity contribution < 1.29 is 0 Å². The van der Waals surface area contributed by atoms with Gasteiger partial charge in [-0.05, 0) is 31.5 Å². The molecule has 0 bridgehead atoms. The van der Waals surface area contributed by atoms with Crippen molar-refractivity contribution in [1.29, 1.82) is 0 Å². The molecule has 0 saturated carbocycles. The molecule has 0 N–H and O–H groups in total. The van der Waals surface area contributed by atoms with Gasteiger partial charge in [-0.15, -0.1) is 0 Å². The van der Waals surface area contributed by atoms with E-state index in [4.69, 9.17) is 9.97 Å². The van der Waals surface area contributed by atoms with Crippen molar-refractivity contribution in [3.63, 3.8) is 0 Å². The van der Waals surface area contributed by atoms with E-state index < -0.39 is 0 Å². The van der Waals surface area contributed by atoms with Gasteiger partial charge in [0.15, 0.2) is 0 Å². The number of likely N-dealkylation sites (tertiary alicyclic amines) is 1. The largest absolute Gasteiger partial charge is 0.361 e. The monoisotopic (exact) mass is 336 g/mol. The maximum Gasteiger partial charge on any atom is 0.146 e. The molecule has 1 atom stereocenters. The lowest BCUT2D eigenvalue weighted by atomic mass is 10.1. The van der Waals surface area contributed by atoms with E-state index in [1.807, 2.05) is 37.5 Å². The number of imidazole rings is 1. The summed E-state index contributed by atoms with van der Waals surface area (Å²) in [5.74, 6) is 2.01. The number of anilines is 1. The lowest BCUT2D eigenvalue weighted by Gasteiger charge is -2.24. The first-order chi connectivity index (χ1) is 12.1. The Morgan fingerprint density at radius 1 is 1.16 bits per heavy atom. The average molecular weight is 336 g/mol. The van der Waals surface area contributed by atoms with Gasteiger partial charge in [0.25, 0.3) is 0 Å². The van der Waals surface area contributed by atoms with Crippen LogP contribution in [0.5, 0.6) is 0 Å². The van der Waals surface area contributed by atoms with Crippen molar-refractivity contribution in [2.24, 2.45) is 7.05 Å². The van der Waals surface area contributed by atoms with Crippen LogP contribution < -0.4 is 4.90 Å². The smallest absolute Gasteiger partial charge is 0.146 e. The summed E-state index contributed by atoms with van der Waals surface area (Å²) in [6.45, 7) is 1.91. The third-order valence-electron chi connectivity index (χ3n) is 5.03. The molecule has 1 aliphatic heterocycles. The molecule has 1 fully saturated rings. The van der Waals surface area contributed by atoms with Gasteiger partial charge in [0.2, 0.25) is 0 Å². The number of aryl methyl sites for hydroxylation is 1. The Bertz CT molecular complexity index is 885. The van der Waals surface area contributed by atoms with Crippen molar-refractivity contribution >= 4 is 16.9 Å². The lowest BCUT2D eigenvalue weighted by molar-refractivity contribution is 0.236. The summed E-state index contributed by atoms with van der Waals surface area (Å²) in [7, 11) is 6.10. The summed E-state index contributed by atoms with van der Waals surface area (Å²) < 4.78 is 2.20. The van der Waals surface area contributed by atoms with Crippen molar-refractivity contribution in [1.82, 2.24) is 24.4 Å². The summed E-state index contributed by atoms with van der Waals surface area (Å²) in [6, 6.07) is 8.62. The van der Waals surface area contributed by atoms with Gasteiger partial charge in [0, 0.05) is 21.1 Å².